The highest BCUT2D eigenvalue weighted by atomic mass is 19.4. The Labute approximate surface area is 138 Å². The smallest absolute Gasteiger partial charge is 0.428 e. The molecule has 0 unspecified atom stereocenters. The first-order valence-corrected chi connectivity index (χ1v) is 7.72. The van der Waals surface area contributed by atoms with E-state index in [1.165, 1.54) is 0 Å². The molecule has 0 amide bonds. The van der Waals surface area contributed by atoms with Crippen molar-refractivity contribution in [3.63, 3.8) is 0 Å². The standard InChI is InChI=1S/C17H21F3O4/c1-11(21)22-15(17(18,19)20)14-13(23-16(2,3)24-14)10-9-12-7-5-4-6-8-12/h4-8,13-15H,9-10H2,1-3H3/t13-,14-,15-/m0/s1. The number of rotatable bonds is 5. The first-order chi connectivity index (χ1) is 11.1. The summed E-state index contributed by atoms with van der Waals surface area (Å²) in [4.78, 5) is 11.1. The molecule has 7 heteroatoms. The highest BCUT2D eigenvalue weighted by Gasteiger charge is 2.56. The van der Waals surface area contributed by atoms with E-state index in [0.29, 0.717) is 12.8 Å². The second kappa shape index (κ2) is 7.11. The molecular weight excluding hydrogens is 325 g/mol. The van der Waals surface area contributed by atoms with Gasteiger partial charge in [-0.15, -0.1) is 0 Å². The minimum Gasteiger partial charge on any atom is -0.450 e. The van der Waals surface area contributed by atoms with E-state index in [1.807, 2.05) is 30.3 Å². The van der Waals surface area contributed by atoms with E-state index in [-0.39, 0.29) is 0 Å². The van der Waals surface area contributed by atoms with Crippen LogP contribution in [-0.4, -0.2) is 36.2 Å². The van der Waals surface area contributed by atoms with E-state index < -0.39 is 36.2 Å². The maximum atomic E-state index is 13.3. The van der Waals surface area contributed by atoms with Crippen LogP contribution in [0.3, 0.4) is 0 Å². The predicted molar refractivity (Wildman–Crippen MR) is 80.2 cm³/mol. The van der Waals surface area contributed by atoms with Crippen molar-refractivity contribution in [1.82, 2.24) is 0 Å². The predicted octanol–water partition coefficient (Wildman–Crippen LogP) is 3.63. The summed E-state index contributed by atoms with van der Waals surface area (Å²) in [5, 5.41) is 0. The third-order valence-corrected chi connectivity index (χ3v) is 3.70. The lowest BCUT2D eigenvalue weighted by Gasteiger charge is -2.27. The molecule has 1 aromatic rings. The van der Waals surface area contributed by atoms with Crippen molar-refractivity contribution in [2.24, 2.45) is 0 Å². The second-order valence-electron chi connectivity index (χ2n) is 6.23. The number of benzene rings is 1. The van der Waals surface area contributed by atoms with Gasteiger partial charge in [0, 0.05) is 6.92 Å². The van der Waals surface area contributed by atoms with E-state index in [2.05, 4.69) is 4.74 Å². The van der Waals surface area contributed by atoms with Crippen LogP contribution in [0.1, 0.15) is 32.8 Å². The molecule has 1 heterocycles. The van der Waals surface area contributed by atoms with Crippen LogP contribution in [0.2, 0.25) is 0 Å². The molecule has 0 spiro atoms. The summed E-state index contributed by atoms with van der Waals surface area (Å²) >= 11 is 0. The summed E-state index contributed by atoms with van der Waals surface area (Å²) in [6, 6.07) is 9.37. The SMILES string of the molecule is CC(=O)O[C@@H]([C@H]1OC(C)(C)O[C@H]1CCc1ccccc1)C(F)(F)F. The minimum atomic E-state index is -4.73. The van der Waals surface area contributed by atoms with Gasteiger partial charge in [-0.2, -0.15) is 13.2 Å². The summed E-state index contributed by atoms with van der Waals surface area (Å²) in [6.45, 7) is 4.03. The molecule has 2 rings (SSSR count). The van der Waals surface area contributed by atoms with Crippen LogP contribution < -0.4 is 0 Å². The monoisotopic (exact) mass is 346 g/mol. The number of esters is 1. The number of carbonyl (C=O) groups excluding carboxylic acids is 1. The highest BCUT2D eigenvalue weighted by Crippen LogP contribution is 2.38. The van der Waals surface area contributed by atoms with Gasteiger partial charge in [-0.1, -0.05) is 30.3 Å². The van der Waals surface area contributed by atoms with Gasteiger partial charge in [-0.05, 0) is 32.3 Å². The van der Waals surface area contributed by atoms with Crippen molar-refractivity contribution >= 4 is 5.97 Å². The molecule has 0 saturated carbocycles. The first kappa shape index (κ1) is 18.7. The summed E-state index contributed by atoms with van der Waals surface area (Å²) in [5.74, 6) is -2.18. The highest BCUT2D eigenvalue weighted by molar-refractivity contribution is 5.66. The number of aryl methyl sites for hydroxylation is 1. The third-order valence-electron chi connectivity index (χ3n) is 3.70. The van der Waals surface area contributed by atoms with Gasteiger partial charge >= 0.3 is 12.1 Å². The van der Waals surface area contributed by atoms with Gasteiger partial charge in [-0.3, -0.25) is 4.79 Å². The van der Waals surface area contributed by atoms with Crippen LogP contribution >= 0.6 is 0 Å². The lowest BCUT2D eigenvalue weighted by atomic mass is 10.00. The van der Waals surface area contributed by atoms with Crippen molar-refractivity contribution in [3.05, 3.63) is 35.9 Å². The number of hydrogen-bond donors (Lipinski definition) is 0. The number of carbonyl (C=O) groups is 1. The molecule has 1 aliphatic heterocycles. The van der Waals surface area contributed by atoms with E-state index in [0.717, 1.165) is 12.5 Å². The van der Waals surface area contributed by atoms with Crippen molar-refractivity contribution in [3.8, 4) is 0 Å². The van der Waals surface area contributed by atoms with E-state index in [1.54, 1.807) is 13.8 Å². The molecule has 1 aliphatic rings. The van der Waals surface area contributed by atoms with Crippen molar-refractivity contribution < 1.29 is 32.2 Å². The van der Waals surface area contributed by atoms with Gasteiger partial charge < -0.3 is 14.2 Å². The largest absolute Gasteiger partial charge is 0.450 e. The van der Waals surface area contributed by atoms with Gasteiger partial charge in [-0.25, -0.2) is 0 Å². The number of hydrogen-bond acceptors (Lipinski definition) is 4. The van der Waals surface area contributed by atoms with Crippen molar-refractivity contribution in [1.29, 1.82) is 0 Å². The summed E-state index contributed by atoms with van der Waals surface area (Å²) < 4.78 is 55.5. The fourth-order valence-electron chi connectivity index (χ4n) is 2.80. The average Bonchev–Trinajstić information content (AvgIpc) is 2.77. The number of alkyl halides is 3. The Hall–Kier alpha value is -1.60. The zero-order chi connectivity index (χ0) is 18.0. The number of ether oxygens (including phenoxy) is 3. The van der Waals surface area contributed by atoms with Crippen LogP contribution in [0.4, 0.5) is 13.2 Å². The molecule has 0 N–H and O–H groups in total. The summed E-state index contributed by atoms with van der Waals surface area (Å²) in [5.41, 5.74) is 0.987. The molecule has 1 aromatic carbocycles. The zero-order valence-corrected chi connectivity index (χ0v) is 13.8. The van der Waals surface area contributed by atoms with Crippen molar-refractivity contribution in [2.75, 3.05) is 0 Å². The van der Waals surface area contributed by atoms with Crippen molar-refractivity contribution in [2.45, 2.75) is 63.9 Å². The van der Waals surface area contributed by atoms with Gasteiger partial charge in [0.15, 0.2) is 5.79 Å². The normalized spacial score (nSPS) is 24.6. The molecule has 0 aliphatic carbocycles. The lowest BCUT2D eigenvalue weighted by Crippen LogP contribution is -2.48. The van der Waals surface area contributed by atoms with Gasteiger partial charge in [0.2, 0.25) is 6.10 Å². The van der Waals surface area contributed by atoms with E-state index in [9.17, 15) is 18.0 Å². The Kier molecular flexibility index (Phi) is 5.55. The minimum absolute atomic E-state index is 0.325. The fraction of sp³-hybridized carbons (Fsp3) is 0.588. The van der Waals surface area contributed by atoms with Crippen LogP contribution in [0.25, 0.3) is 0 Å². The van der Waals surface area contributed by atoms with Crippen LogP contribution in [-0.2, 0) is 25.4 Å². The molecule has 0 aromatic heterocycles. The molecule has 3 atom stereocenters. The Morgan fingerprint density at radius 3 is 2.42 bits per heavy atom. The van der Waals surface area contributed by atoms with E-state index in [4.69, 9.17) is 9.47 Å². The first-order valence-electron chi connectivity index (χ1n) is 7.72. The molecule has 0 radical (unpaired) electrons. The van der Waals surface area contributed by atoms with Gasteiger partial charge in [0.1, 0.15) is 6.10 Å². The molecule has 24 heavy (non-hydrogen) atoms. The Bertz CT molecular complexity index is 557. The molecule has 0 bridgehead atoms. The maximum Gasteiger partial charge on any atom is 0.428 e. The van der Waals surface area contributed by atoms with Crippen LogP contribution in [0.5, 0.6) is 0 Å². The molecule has 1 saturated heterocycles. The van der Waals surface area contributed by atoms with Crippen LogP contribution in [0, 0.1) is 0 Å². The van der Waals surface area contributed by atoms with Gasteiger partial charge in [0.05, 0.1) is 6.10 Å². The second-order valence-corrected chi connectivity index (χ2v) is 6.23. The Balaban J connectivity index is 2.15. The molecule has 1 fully saturated rings. The third kappa shape index (κ3) is 4.95. The number of halogens is 3. The zero-order valence-electron chi connectivity index (χ0n) is 13.8. The topological polar surface area (TPSA) is 44.8 Å². The van der Waals surface area contributed by atoms with Gasteiger partial charge in [0.25, 0.3) is 0 Å². The molecule has 134 valence electrons. The van der Waals surface area contributed by atoms with E-state index >= 15 is 0 Å². The maximum absolute atomic E-state index is 13.3. The fourth-order valence-corrected chi connectivity index (χ4v) is 2.80. The lowest BCUT2D eigenvalue weighted by molar-refractivity contribution is -0.252. The van der Waals surface area contributed by atoms with Crippen LogP contribution in [0.15, 0.2) is 30.3 Å². The summed E-state index contributed by atoms with van der Waals surface area (Å²) in [6.07, 6.45) is -8.44. The quantitative estimate of drug-likeness (QED) is 0.764. The average molecular weight is 346 g/mol. The summed E-state index contributed by atoms with van der Waals surface area (Å²) in [7, 11) is 0. The molecular formula is C17H21F3O4. The molecule has 4 nitrogen and oxygen atoms in total. The Morgan fingerprint density at radius 1 is 1.25 bits per heavy atom. The Morgan fingerprint density at radius 2 is 1.88 bits per heavy atom.